The third-order valence-corrected chi connectivity index (χ3v) is 3.94. The van der Waals surface area contributed by atoms with Crippen LogP contribution in [0.1, 0.15) is 33.1 Å². The molecule has 1 aliphatic rings. The Kier molecular flexibility index (Phi) is 7.09. The Hall–Kier alpha value is -0.120. The number of rotatable bonds is 7. The molecule has 102 valence electrons. The second kappa shape index (κ2) is 8.06. The van der Waals surface area contributed by atoms with E-state index in [4.69, 9.17) is 0 Å². The Morgan fingerprint density at radius 1 is 1.41 bits per heavy atom. The van der Waals surface area contributed by atoms with Gasteiger partial charge in [-0.2, -0.15) is 0 Å². The Labute approximate surface area is 108 Å². The second-order valence-electron chi connectivity index (χ2n) is 5.70. The molecule has 1 heterocycles. The highest BCUT2D eigenvalue weighted by atomic mass is 15.1. The zero-order chi connectivity index (χ0) is 12.7. The van der Waals surface area contributed by atoms with Gasteiger partial charge in [-0.1, -0.05) is 6.92 Å². The van der Waals surface area contributed by atoms with Crippen molar-refractivity contribution >= 4 is 0 Å². The molecule has 1 aliphatic heterocycles. The standard InChI is InChI=1S/C14H31N3/c1-5-17-11-6-8-14(12-17)13(2)15-9-7-10-16(3)4/h13-15H,5-12H2,1-4H3. The van der Waals surface area contributed by atoms with Crippen LogP contribution in [0.3, 0.4) is 0 Å². The predicted octanol–water partition coefficient (Wildman–Crippen LogP) is 1.65. The Bertz CT molecular complexity index is 194. The molecule has 1 rings (SSSR count). The van der Waals surface area contributed by atoms with Gasteiger partial charge >= 0.3 is 0 Å². The van der Waals surface area contributed by atoms with E-state index in [0.717, 1.165) is 12.5 Å². The number of hydrogen-bond acceptors (Lipinski definition) is 3. The number of nitrogens with zero attached hydrogens (tertiary/aromatic N) is 2. The minimum atomic E-state index is 0.673. The summed E-state index contributed by atoms with van der Waals surface area (Å²) in [7, 11) is 4.29. The summed E-state index contributed by atoms with van der Waals surface area (Å²) in [6.07, 6.45) is 4.03. The van der Waals surface area contributed by atoms with Crippen molar-refractivity contribution in [1.29, 1.82) is 0 Å². The van der Waals surface area contributed by atoms with Crippen molar-refractivity contribution in [3.05, 3.63) is 0 Å². The van der Waals surface area contributed by atoms with Crippen LogP contribution in [0.15, 0.2) is 0 Å². The van der Waals surface area contributed by atoms with E-state index in [-0.39, 0.29) is 0 Å². The van der Waals surface area contributed by atoms with Crippen LogP contribution >= 0.6 is 0 Å². The maximum Gasteiger partial charge on any atom is 0.00792 e. The van der Waals surface area contributed by atoms with Crippen LogP contribution in [0.4, 0.5) is 0 Å². The van der Waals surface area contributed by atoms with Crippen LogP contribution in [0.25, 0.3) is 0 Å². The second-order valence-corrected chi connectivity index (χ2v) is 5.70. The molecule has 2 unspecified atom stereocenters. The summed E-state index contributed by atoms with van der Waals surface area (Å²) in [6, 6.07) is 0.673. The van der Waals surface area contributed by atoms with Gasteiger partial charge in [-0.15, -0.1) is 0 Å². The normalized spacial score (nSPS) is 24.2. The van der Waals surface area contributed by atoms with Crippen molar-refractivity contribution < 1.29 is 0 Å². The van der Waals surface area contributed by atoms with Crippen LogP contribution in [0, 0.1) is 5.92 Å². The lowest BCUT2D eigenvalue weighted by Gasteiger charge is -2.35. The first kappa shape index (κ1) is 14.9. The SMILES string of the molecule is CCN1CCCC(C(C)NCCCN(C)C)C1. The van der Waals surface area contributed by atoms with E-state index in [9.17, 15) is 0 Å². The summed E-state index contributed by atoms with van der Waals surface area (Å²) in [5.41, 5.74) is 0. The molecular weight excluding hydrogens is 210 g/mol. The fraction of sp³-hybridized carbons (Fsp3) is 1.00. The average Bonchev–Trinajstić information content (AvgIpc) is 2.34. The van der Waals surface area contributed by atoms with Gasteiger partial charge in [0.05, 0.1) is 0 Å². The number of nitrogens with one attached hydrogen (secondary N) is 1. The summed E-state index contributed by atoms with van der Waals surface area (Å²) in [6.45, 7) is 10.8. The first-order chi connectivity index (χ1) is 8.13. The maximum atomic E-state index is 3.70. The van der Waals surface area contributed by atoms with Gasteiger partial charge in [0.15, 0.2) is 0 Å². The molecule has 17 heavy (non-hydrogen) atoms. The number of likely N-dealkylation sites (tertiary alicyclic amines) is 1. The maximum absolute atomic E-state index is 3.70. The quantitative estimate of drug-likeness (QED) is 0.684. The highest BCUT2D eigenvalue weighted by Crippen LogP contribution is 2.19. The summed E-state index contributed by atoms with van der Waals surface area (Å²) in [5.74, 6) is 0.850. The van der Waals surface area contributed by atoms with Gasteiger partial charge in [0.25, 0.3) is 0 Å². The molecule has 0 aromatic heterocycles. The summed E-state index contributed by atoms with van der Waals surface area (Å²) in [4.78, 5) is 4.85. The third-order valence-electron chi connectivity index (χ3n) is 3.94. The largest absolute Gasteiger partial charge is 0.314 e. The lowest BCUT2D eigenvalue weighted by Crippen LogP contribution is -2.44. The van der Waals surface area contributed by atoms with E-state index in [1.54, 1.807) is 0 Å². The van der Waals surface area contributed by atoms with Gasteiger partial charge in [-0.25, -0.2) is 0 Å². The predicted molar refractivity (Wildman–Crippen MR) is 75.5 cm³/mol. The highest BCUT2D eigenvalue weighted by Gasteiger charge is 2.23. The molecule has 1 N–H and O–H groups in total. The smallest absolute Gasteiger partial charge is 0.00792 e. The number of hydrogen-bond donors (Lipinski definition) is 1. The third kappa shape index (κ3) is 5.84. The molecule has 0 radical (unpaired) electrons. The van der Waals surface area contributed by atoms with E-state index in [0.29, 0.717) is 6.04 Å². The molecule has 0 saturated carbocycles. The van der Waals surface area contributed by atoms with Crippen molar-refractivity contribution in [1.82, 2.24) is 15.1 Å². The Morgan fingerprint density at radius 3 is 2.82 bits per heavy atom. The molecule has 0 bridgehead atoms. The van der Waals surface area contributed by atoms with Crippen LogP contribution in [-0.2, 0) is 0 Å². The minimum absolute atomic E-state index is 0.673. The lowest BCUT2D eigenvalue weighted by molar-refractivity contribution is 0.157. The van der Waals surface area contributed by atoms with Crippen LogP contribution in [-0.4, -0.2) is 62.7 Å². The molecule has 0 aliphatic carbocycles. The average molecular weight is 241 g/mol. The van der Waals surface area contributed by atoms with Crippen molar-refractivity contribution in [3.8, 4) is 0 Å². The molecule has 3 heteroatoms. The van der Waals surface area contributed by atoms with Gasteiger partial charge in [-0.05, 0) is 72.4 Å². The molecule has 0 aromatic rings. The zero-order valence-corrected chi connectivity index (χ0v) is 12.2. The van der Waals surface area contributed by atoms with Crippen molar-refractivity contribution in [2.75, 3.05) is 46.8 Å². The fourth-order valence-electron chi connectivity index (χ4n) is 2.68. The van der Waals surface area contributed by atoms with Gasteiger partial charge in [0.1, 0.15) is 0 Å². The van der Waals surface area contributed by atoms with E-state index in [2.05, 4.69) is 43.1 Å². The van der Waals surface area contributed by atoms with E-state index in [1.165, 1.54) is 45.4 Å². The topological polar surface area (TPSA) is 18.5 Å². The minimum Gasteiger partial charge on any atom is -0.314 e. The van der Waals surface area contributed by atoms with Crippen molar-refractivity contribution in [2.24, 2.45) is 5.92 Å². The molecular formula is C14H31N3. The molecule has 3 nitrogen and oxygen atoms in total. The first-order valence-corrected chi connectivity index (χ1v) is 7.24. The fourth-order valence-corrected chi connectivity index (χ4v) is 2.68. The monoisotopic (exact) mass is 241 g/mol. The van der Waals surface area contributed by atoms with Gasteiger partial charge in [0, 0.05) is 12.6 Å². The van der Waals surface area contributed by atoms with Gasteiger partial charge < -0.3 is 15.1 Å². The van der Waals surface area contributed by atoms with Crippen LogP contribution < -0.4 is 5.32 Å². The molecule has 0 amide bonds. The van der Waals surface area contributed by atoms with Crippen LogP contribution in [0.2, 0.25) is 0 Å². The summed E-state index contributed by atoms with van der Waals surface area (Å²) < 4.78 is 0. The van der Waals surface area contributed by atoms with Crippen LogP contribution in [0.5, 0.6) is 0 Å². The lowest BCUT2D eigenvalue weighted by atomic mass is 9.91. The molecule has 0 aromatic carbocycles. The van der Waals surface area contributed by atoms with E-state index in [1.807, 2.05) is 0 Å². The van der Waals surface area contributed by atoms with E-state index < -0.39 is 0 Å². The highest BCUT2D eigenvalue weighted by molar-refractivity contribution is 4.79. The van der Waals surface area contributed by atoms with Gasteiger partial charge in [-0.3, -0.25) is 0 Å². The molecule has 1 fully saturated rings. The Morgan fingerprint density at radius 2 is 2.18 bits per heavy atom. The van der Waals surface area contributed by atoms with Crippen molar-refractivity contribution in [3.63, 3.8) is 0 Å². The van der Waals surface area contributed by atoms with Gasteiger partial charge in [0.2, 0.25) is 0 Å². The number of piperidine rings is 1. The molecule has 0 spiro atoms. The summed E-state index contributed by atoms with van der Waals surface area (Å²) in [5, 5.41) is 3.70. The summed E-state index contributed by atoms with van der Waals surface area (Å²) >= 11 is 0. The Balaban J connectivity index is 2.15. The first-order valence-electron chi connectivity index (χ1n) is 7.24. The zero-order valence-electron chi connectivity index (χ0n) is 12.2. The molecule has 2 atom stereocenters. The van der Waals surface area contributed by atoms with E-state index >= 15 is 0 Å². The molecule has 1 saturated heterocycles. The van der Waals surface area contributed by atoms with Crippen molar-refractivity contribution in [2.45, 2.75) is 39.2 Å².